The van der Waals surface area contributed by atoms with E-state index in [0.717, 1.165) is 16.1 Å². The molecule has 0 saturated carbocycles. The first-order chi connectivity index (χ1) is 12.6. The minimum atomic E-state index is -3.75. The Hall–Kier alpha value is -1.76. The molecule has 1 N–H and O–H groups in total. The van der Waals surface area contributed by atoms with Gasteiger partial charge in [-0.1, -0.05) is 60.5 Å². The van der Waals surface area contributed by atoms with Crippen LogP contribution < -0.4 is 9.62 Å². The second-order valence-corrected chi connectivity index (χ2v) is 8.98. The van der Waals surface area contributed by atoms with E-state index in [2.05, 4.69) is 5.32 Å². The fraction of sp³-hybridized carbons (Fsp3) is 0.316. The van der Waals surface area contributed by atoms with Crippen LogP contribution in [0, 0.1) is 0 Å². The van der Waals surface area contributed by atoms with E-state index < -0.39 is 22.0 Å². The predicted octanol–water partition coefficient (Wildman–Crippen LogP) is 4.42. The average molecular weight is 429 g/mol. The lowest BCUT2D eigenvalue weighted by Crippen LogP contribution is -2.49. The lowest BCUT2D eigenvalue weighted by Gasteiger charge is -2.31. The van der Waals surface area contributed by atoms with Crippen LogP contribution in [0.4, 0.5) is 5.69 Å². The number of nitrogens with zero attached hydrogens (tertiary/aromatic N) is 1. The van der Waals surface area contributed by atoms with Gasteiger partial charge in [0, 0.05) is 10.0 Å². The molecule has 0 aliphatic heterocycles. The van der Waals surface area contributed by atoms with Crippen molar-refractivity contribution >= 4 is 44.8 Å². The summed E-state index contributed by atoms with van der Waals surface area (Å²) in [5.74, 6) is -0.393. The third-order valence-corrected chi connectivity index (χ3v) is 5.71. The van der Waals surface area contributed by atoms with Crippen LogP contribution in [0.2, 0.25) is 10.0 Å². The van der Waals surface area contributed by atoms with E-state index in [9.17, 15) is 13.2 Å². The summed E-state index contributed by atoms with van der Waals surface area (Å²) < 4.78 is 26.0. The number of anilines is 1. The maximum absolute atomic E-state index is 12.9. The molecule has 0 fully saturated rings. The highest BCUT2D eigenvalue weighted by molar-refractivity contribution is 7.92. The molecule has 5 nitrogen and oxygen atoms in total. The zero-order valence-corrected chi connectivity index (χ0v) is 17.6. The molecule has 0 radical (unpaired) electrons. The van der Waals surface area contributed by atoms with Gasteiger partial charge in [0.15, 0.2) is 0 Å². The van der Waals surface area contributed by atoms with Crippen LogP contribution in [0.1, 0.15) is 31.9 Å². The van der Waals surface area contributed by atoms with E-state index in [1.807, 2.05) is 37.3 Å². The van der Waals surface area contributed by atoms with Crippen molar-refractivity contribution in [2.24, 2.45) is 0 Å². The SMILES string of the molecule is CCC(C(=O)NC(C)c1ccccc1)N(c1cc(Cl)cc(Cl)c1)S(C)(=O)=O. The summed E-state index contributed by atoms with van der Waals surface area (Å²) in [4.78, 5) is 12.9. The molecule has 0 aliphatic rings. The number of amides is 1. The standard InChI is InChI=1S/C19H22Cl2N2O3S/c1-4-18(19(24)22-13(2)14-8-6-5-7-9-14)23(27(3,25)26)17-11-15(20)10-16(21)12-17/h5-13,18H,4H2,1-3H3,(H,22,24). The highest BCUT2D eigenvalue weighted by Crippen LogP contribution is 2.29. The first-order valence-electron chi connectivity index (χ1n) is 8.44. The van der Waals surface area contributed by atoms with E-state index in [1.165, 1.54) is 18.2 Å². The van der Waals surface area contributed by atoms with Crippen molar-refractivity contribution < 1.29 is 13.2 Å². The molecule has 8 heteroatoms. The van der Waals surface area contributed by atoms with Crippen LogP contribution in [-0.4, -0.2) is 26.6 Å². The second-order valence-electron chi connectivity index (χ2n) is 6.25. The smallest absolute Gasteiger partial charge is 0.244 e. The third-order valence-electron chi connectivity index (χ3n) is 4.09. The topological polar surface area (TPSA) is 66.5 Å². The fourth-order valence-corrected chi connectivity index (χ4v) is 4.57. The maximum Gasteiger partial charge on any atom is 0.244 e. The molecule has 0 saturated heterocycles. The minimum Gasteiger partial charge on any atom is -0.348 e. The number of benzene rings is 2. The summed E-state index contributed by atoms with van der Waals surface area (Å²) in [5, 5.41) is 3.47. The Morgan fingerprint density at radius 3 is 2.15 bits per heavy atom. The highest BCUT2D eigenvalue weighted by Gasteiger charge is 2.32. The minimum absolute atomic E-state index is 0.254. The van der Waals surface area contributed by atoms with Crippen molar-refractivity contribution in [3.63, 3.8) is 0 Å². The highest BCUT2D eigenvalue weighted by atomic mass is 35.5. The van der Waals surface area contributed by atoms with Gasteiger partial charge in [-0.2, -0.15) is 0 Å². The zero-order valence-electron chi connectivity index (χ0n) is 15.3. The first kappa shape index (κ1) is 21.5. The molecule has 0 aliphatic carbocycles. The molecule has 146 valence electrons. The molecular formula is C19H22Cl2N2O3S. The molecule has 2 unspecified atom stereocenters. The molecule has 0 heterocycles. The summed E-state index contributed by atoms with van der Waals surface area (Å²) in [6.45, 7) is 3.60. The van der Waals surface area contributed by atoms with Crippen LogP contribution in [0.25, 0.3) is 0 Å². The van der Waals surface area contributed by atoms with E-state index in [0.29, 0.717) is 10.0 Å². The third kappa shape index (κ3) is 5.61. The maximum atomic E-state index is 12.9. The van der Waals surface area contributed by atoms with Crippen molar-refractivity contribution in [2.75, 3.05) is 10.6 Å². The van der Waals surface area contributed by atoms with Gasteiger partial charge in [-0.05, 0) is 37.1 Å². The monoisotopic (exact) mass is 428 g/mol. The largest absolute Gasteiger partial charge is 0.348 e. The van der Waals surface area contributed by atoms with E-state index in [4.69, 9.17) is 23.2 Å². The Kier molecular flexibility index (Phi) is 7.14. The van der Waals surface area contributed by atoms with Gasteiger partial charge in [-0.25, -0.2) is 8.42 Å². The summed E-state index contributed by atoms with van der Waals surface area (Å²) >= 11 is 12.1. The number of hydrogen-bond acceptors (Lipinski definition) is 3. The predicted molar refractivity (Wildman–Crippen MR) is 111 cm³/mol. The van der Waals surface area contributed by atoms with Crippen molar-refractivity contribution in [3.8, 4) is 0 Å². The van der Waals surface area contributed by atoms with E-state index in [-0.39, 0.29) is 18.2 Å². The summed E-state index contributed by atoms with van der Waals surface area (Å²) in [6.07, 6.45) is 1.34. The number of nitrogens with one attached hydrogen (secondary N) is 1. The number of halogens is 2. The molecule has 27 heavy (non-hydrogen) atoms. The Morgan fingerprint density at radius 1 is 1.11 bits per heavy atom. The van der Waals surface area contributed by atoms with Crippen molar-refractivity contribution in [1.29, 1.82) is 0 Å². The molecule has 0 bridgehead atoms. The van der Waals surface area contributed by atoms with Crippen LogP contribution >= 0.6 is 23.2 Å². The summed E-state index contributed by atoms with van der Waals surface area (Å²) in [6, 6.07) is 12.7. The van der Waals surface area contributed by atoms with Gasteiger partial charge < -0.3 is 5.32 Å². The van der Waals surface area contributed by atoms with Crippen molar-refractivity contribution in [1.82, 2.24) is 5.32 Å². The number of carbonyl (C=O) groups excluding carboxylic acids is 1. The quantitative estimate of drug-likeness (QED) is 0.709. The Balaban J connectivity index is 2.36. The lowest BCUT2D eigenvalue weighted by molar-refractivity contribution is -0.122. The van der Waals surface area contributed by atoms with E-state index in [1.54, 1.807) is 6.92 Å². The number of hydrogen-bond donors (Lipinski definition) is 1. The number of rotatable bonds is 7. The van der Waals surface area contributed by atoms with Gasteiger partial charge >= 0.3 is 0 Å². The fourth-order valence-electron chi connectivity index (χ4n) is 2.86. The molecule has 0 spiro atoms. The molecule has 2 rings (SSSR count). The average Bonchev–Trinajstić information content (AvgIpc) is 2.58. The van der Waals surface area contributed by atoms with Gasteiger partial charge in [0.2, 0.25) is 15.9 Å². The molecule has 1 amide bonds. The van der Waals surface area contributed by atoms with Gasteiger partial charge in [-0.3, -0.25) is 9.10 Å². The zero-order chi connectivity index (χ0) is 20.2. The van der Waals surface area contributed by atoms with Gasteiger partial charge in [0.1, 0.15) is 6.04 Å². The van der Waals surface area contributed by atoms with Crippen LogP contribution in [0.15, 0.2) is 48.5 Å². The number of sulfonamides is 1. The van der Waals surface area contributed by atoms with Crippen LogP contribution in [-0.2, 0) is 14.8 Å². The molecule has 0 aromatic heterocycles. The molecule has 2 atom stereocenters. The summed E-state index contributed by atoms with van der Waals surface area (Å²) in [5.41, 5.74) is 1.18. The Morgan fingerprint density at radius 2 is 1.67 bits per heavy atom. The second kappa shape index (κ2) is 8.95. The molecule has 2 aromatic carbocycles. The Bertz CT molecular complexity index is 884. The molecular weight excluding hydrogens is 407 g/mol. The normalized spacial score (nSPS) is 13.7. The molecule has 2 aromatic rings. The van der Waals surface area contributed by atoms with Crippen molar-refractivity contribution in [2.45, 2.75) is 32.4 Å². The van der Waals surface area contributed by atoms with Crippen LogP contribution in [0.5, 0.6) is 0 Å². The van der Waals surface area contributed by atoms with Gasteiger partial charge in [-0.15, -0.1) is 0 Å². The first-order valence-corrected chi connectivity index (χ1v) is 11.0. The van der Waals surface area contributed by atoms with E-state index >= 15 is 0 Å². The number of carbonyl (C=O) groups is 1. The van der Waals surface area contributed by atoms with Gasteiger partial charge in [0.05, 0.1) is 18.0 Å². The van der Waals surface area contributed by atoms with Gasteiger partial charge in [0.25, 0.3) is 0 Å². The van der Waals surface area contributed by atoms with Crippen LogP contribution in [0.3, 0.4) is 0 Å². The lowest BCUT2D eigenvalue weighted by atomic mass is 10.1. The summed E-state index contributed by atoms with van der Waals surface area (Å²) in [7, 11) is -3.75. The van der Waals surface area contributed by atoms with Crippen molar-refractivity contribution in [3.05, 3.63) is 64.1 Å². The Labute approximate surface area is 170 Å².